The van der Waals surface area contributed by atoms with Crippen molar-refractivity contribution in [1.82, 2.24) is 5.32 Å². The molecule has 2 amide bonds. The number of carbonyl (C=O) groups is 2. The van der Waals surface area contributed by atoms with E-state index < -0.39 is 0 Å². The molecule has 128 valence electrons. The summed E-state index contributed by atoms with van der Waals surface area (Å²) in [5.41, 5.74) is 1.39. The third kappa shape index (κ3) is 3.39. The summed E-state index contributed by atoms with van der Waals surface area (Å²) in [5.74, 6) is 0.400. The van der Waals surface area contributed by atoms with E-state index in [9.17, 15) is 9.59 Å². The van der Waals surface area contributed by atoms with Crippen LogP contribution >= 0.6 is 11.6 Å². The molecule has 0 atom stereocenters. The van der Waals surface area contributed by atoms with E-state index in [1.807, 2.05) is 0 Å². The van der Waals surface area contributed by atoms with Gasteiger partial charge in [0.1, 0.15) is 0 Å². The van der Waals surface area contributed by atoms with Gasteiger partial charge in [-0.25, -0.2) is 0 Å². The highest BCUT2D eigenvalue weighted by Gasteiger charge is 2.24. The van der Waals surface area contributed by atoms with Gasteiger partial charge in [0.25, 0.3) is 11.8 Å². The van der Waals surface area contributed by atoms with E-state index >= 15 is 0 Å². The number of anilines is 1. The predicted octanol–water partition coefficient (Wildman–Crippen LogP) is 3.21. The van der Waals surface area contributed by atoms with Crippen LogP contribution in [0.2, 0.25) is 5.02 Å². The Kier molecular flexibility index (Phi) is 3.97. The normalized spacial score (nSPS) is 14.9. The number of rotatable bonds is 4. The van der Waals surface area contributed by atoms with Gasteiger partial charge in [-0.15, -0.1) is 0 Å². The van der Waals surface area contributed by atoms with Gasteiger partial charge >= 0.3 is 0 Å². The van der Waals surface area contributed by atoms with Crippen molar-refractivity contribution >= 4 is 29.1 Å². The van der Waals surface area contributed by atoms with E-state index in [-0.39, 0.29) is 24.6 Å². The highest BCUT2D eigenvalue weighted by atomic mass is 35.5. The Labute approximate surface area is 149 Å². The predicted molar refractivity (Wildman–Crippen MR) is 92.5 cm³/mol. The molecule has 1 heterocycles. The molecular formula is C18H15ClN2O4. The highest BCUT2D eigenvalue weighted by Crippen LogP contribution is 2.39. The molecule has 0 unspecified atom stereocenters. The largest absolute Gasteiger partial charge is 0.454 e. The van der Waals surface area contributed by atoms with Crippen LogP contribution in [0.25, 0.3) is 0 Å². The fourth-order valence-electron chi connectivity index (χ4n) is 2.54. The van der Waals surface area contributed by atoms with Gasteiger partial charge in [-0.05, 0) is 43.2 Å². The van der Waals surface area contributed by atoms with E-state index in [4.69, 9.17) is 21.1 Å². The van der Waals surface area contributed by atoms with Crippen LogP contribution in [0.1, 0.15) is 33.6 Å². The van der Waals surface area contributed by atoms with Crippen LogP contribution in [0.5, 0.6) is 11.5 Å². The zero-order valence-electron chi connectivity index (χ0n) is 13.2. The molecule has 2 aromatic rings. The number of hydrogen-bond acceptors (Lipinski definition) is 4. The quantitative estimate of drug-likeness (QED) is 0.879. The minimum atomic E-state index is -0.347. The fourth-order valence-corrected chi connectivity index (χ4v) is 2.80. The minimum Gasteiger partial charge on any atom is -0.454 e. The highest BCUT2D eigenvalue weighted by molar-refractivity contribution is 6.32. The zero-order chi connectivity index (χ0) is 17.4. The number of benzene rings is 2. The molecule has 1 fully saturated rings. The molecule has 2 N–H and O–H groups in total. The fraction of sp³-hybridized carbons (Fsp3) is 0.222. The smallest absolute Gasteiger partial charge is 0.255 e. The number of amides is 2. The second kappa shape index (κ2) is 6.29. The molecule has 0 radical (unpaired) electrons. The summed E-state index contributed by atoms with van der Waals surface area (Å²) in [6, 6.07) is 10.2. The van der Waals surface area contributed by atoms with Crippen LogP contribution in [0.15, 0.2) is 36.4 Å². The molecule has 25 heavy (non-hydrogen) atoms. The van der Waals surface area contributed by atoms with Gasteiger partial charge in [-0.1, -0.05) is 17.7 Å². The van der Waals surface area contributed by atoms with E-state index in [2.05, 4.69) is 10.6 Å². The number of carbonyl (C=O) groups excluding carboxylic acids is 2. The molecule has 2 aromatic carbocycles. The molecule has 6 nitrogen and oxygen atoms in total. The second-order valence-electron chi connectivity index (χ2n) is 5.97. The lowest BCUT2D eigenvalue weighted by Crippen LogP contribution is -2.25. The Morgan fingerprint density at radius 2 is 1.88 bits per heavy atom. The SMILES string of the molecule is O=C(Nc1cccc(C(=O)NC2CC2)c1)c1cc(Cl)c2c(c1)OCO2. The van der Waals surface area contributed by atoms with E-state index in [0.717, 1.165) is 12.8 Å². The zero-order valence-corrected chi connectivity index (χ0v) is 13.9. The standard InChI is InChI=1S/C18H15ClN2O4/c19-14-7-11(8-15-16(14)25-9-24-15)18(23)21-13-3-1-2-10(6-13)17(22)20-12-4-5-12/h1-3,6-8,12H,4-5,9H2,(H,20,22)(H,21,23). The number of fused-ring (bicyclic) bond motifs is 1. The summed E-state index contributed by atoms with van der Waals surface area (Å²) in [4.78, 5) is 24.6. The van der Waals surface area contributed by atoms with Gasteiger partial charge in [0.05, 0.1) is 5.02 Å². The van der Waals surface area contributed by atoms with E-state index in [1.165, 1.54) is 6.07 Å². The van der Waals surface area contributed by atoms with Gasteiger partial charge in [-0.3, -0.25) is 9.59 Å². The lowest BCUT2D eigenvalue weighted by Gasteiger charge is -2.09. The van der Waals surface area contributed by atoms with Gasteiger partial charge in [0.15, 0.2) is 11.5 Å². The van der Waals surface area contributed by atoms with Gasteiger partial charge < -0.3 is 20.1 Å². The van der Waals surface area contributed by atoms with Crippen molar-refractivity contribution in [3.05, 3.63) is 52.5 Å². The van der Waals surface area contributed by atoms with Crippen LogP contribution in [-0.4, -0.2) is 24.6 Å². The first-order valence-electron chi connectivity index (χ1n) is 7.91. The summed E-state index contributed by atoms with van der Waals surface area (Å²) in [6.07, 6.45) is 2.04. The second-order valence-corrected chi connectivity index (χ2v) is 6.38. The number of nitrogens with one attached hydrogen (secondary N) is 2. The average molecular weight is 359 g/mol. The Morgan fingerprint density at radius 3 is 2.68 bits per heavy atom. The van der Waals surface area contributed by atoms with Crippen LogP contribution < -0.4 is 20.1 Å². The molecule has 0 aromatic heterocycles. The molecule has 0 spiro atoms. The first-order valence-corrected chi connectivity index (χ1v) is 8.29. The van der Waals surface area contributed by atoms with Crippen LogP contribution in [0, 0.1) is 0 Å². The average Bonchev–Trinajstić information content (AvgIpc) is 3.28. The summed E-state index contributed by atoms with van der Waals surface area (Å²) in [7, 11) is 0. The Hall–Kier alpha value is -2.73. The van der Waals surface area contributed by atoms with Crippen molar-refractivity contribution in [2.24, 2.45) is 0 Å². The molecule has 1 saturated carbocycles. The van der Waals surface area contributed by atoms with Crippen molar-refractivity contribution in [3.63, 3.8) is 0 Å². The Morgan fingerprint density at radius 1 is 1.04 bits per heavy atom. The topological polar surface area (TPSA) is 76.7 Å². The van der Waals surface area contributed by atoms with Gasteiger partial charge in [-0.2, -0.15) is 0 Å². The van der Waals surface area contributed by atoms with Gasteiger partial charge in [0.2, 0.25) is 6.79 Å². The van der Waals surface area contributed by atoms with Crippen LogP contribution in [0.3, 0.4) is 0 Å². The maximum Gasteiger partial charge on any atom is 0.255 e. The van der Waals surface area contributed by atoms with Crippen molar-refractivity contribution in [2.45, 2.75) is 18.9 Å². The minimum absolute atomic E-state index is 0.0816. The molecule has 0 saturated heterocycles. The molecular weight excluding hydrogens is 344 g/mol. The molecule has 0 bridgehead atoms. The summed E-state index contributed by atoms with van der Waals surface area (Å²) in [6.45, 7) is 0.0816. The monoisotopic (exact) mass is 358 g/mol. The molecule has 7 heteroatoms. The Bertz CT molecular complexity index is 864. The lowest BCUT2D eigenvalue weighted by molar-refractivity contribution is 0.0949. The number of halogens is 1. The third-order valence-electron chi connectivity index (χ3n) is 3.98. The first-order chi connectivity index (χ1) is 12.1. The number of ether oxygens (including phenoxy) is 2. The Balaban J connectivity index is 1.51. The summed E-state index contributed by atoms with van der Waals surface area (Å²) in [5, 5.41) is 6.00. The first kappa shape index (κ1) is 15.8. The number of hydrogen-bond donors (Lipinski definition) is 2. The van der Waals surface area contributed by atoms with Gasteiger partial charge in [0, 0.05) is 22.9 Å². The summed E-state index contributed by atoms with van der Waals surface area (Å²) >= 11 is 6.11. The van der Waals surface area contributed by atoms with Crippen molar-refractivity contribution in [3.8, 4) is 11.5 Å². The van der Waals surface area contributed by atoms with Crippen molar-refractivity contribution in [2.75, 3.05) is 12.1 Å². The van der Waals surface area contributed by atoms with Crippen molar-refractivity contribution in [1.29, 1.82) is 0 Å². The van der Waals surface area contributed by atoms with Crippen molar-refractivity contribution < 1.29 is 19.1 Å². The lowest BCUT2D eigenvalue weighted by atomic mass is 10.1. The third-order valence-corrected chi connectivity index (χ3v) is 4.27. The molecule has 1 aliphatic heterocycles. The van der Waals surface area contributed by atoms with E-state index in [1.54, 1.807) is 30.3 Å². The maximum absolute atomic E-state index is 12.5. The van der Waals surface area contributed by atoms with Crippen LogP contribution in [0.4, 0.5) is 5.69 Å². The molecule has 2 aliphatic rings. The maximum atomic E-state index is 12.5. The van der Waals surface area contributed by atoms with Crippen LogP contribution in [-0.2, 0) is 0 Å². The molecule has 1 aliphatic carbocycles. The summed E-state index contributed by atoms with van der Waals surface area (Å²) < 4.78 is 10.5. The molecule has 4 rings (SSSR count). The van der Waals surface area contributed by atoms with E-state index in [0.29, 0.717) is 33.3 Å².